The number of nitrogens with zero attached hydrogens (tertiary/aromatic N) is 2. The van der Waals surface area contributed by atoms with E-state index >= 15 is 0 Å². The van der Waals surface area contributed by atoms with Crippen molar-refractivity contribution in [3.05, 3.63) is 23.9 Å². The summed E-state index contributed by atoms with van der Waals surface area (Å²) in [5.74, 6) is -0.254. The van der Waals surface area contributed by atoms with E-state index in [1.165, 1.54) is 12.3 Å². The molecule has 1 unspecified atom stereocenters. The third kappa shape index (κ3) is 3.70. The van der Waals surface area contributed by atoms with E-state index in [-0.39, 0.29) is 11.6 Å². The third-order valence-corrected chi connectivity index (χ3v) is 2.95. The third-order valence-electron chi connectivity index (χ3n) is 2.95. The zero-order valence-electron chi connectivity index (χ0n) is 11.1. The molecule has 0 radical (unpaired) electrons. The Hall–Kier alpha value is -1.62. The molecule has 1 aromatic rings. The number of hydrogen-bond acceptors (Lipinski definition) is 4. The largest absolute Gasteiger partial charge is 0.478 e. The minimum absolute atomic E-state index is 0.255. The molecule has 18 heavy (non-hydrogen) atoms. The molecule has 0 aromatic carbocycles. The van der Waals surface area contributed by atoms with Crippen LogP contribution in [-0.4, -0.2) is 42.4 Å². The molecule has 1 heterocycles. The normalized spacial score (nSPS) is 12.2. The number of hydrogen-bond donors (Lipinski definition) is 1. The Morgan fingerprint density at radius 3 is 2.89 bits per heavy atom. The molecule has 0 spiro atoms. The maximum atomic E-state index is 11.0. The number of aromatic carboxylic acids is 1. The fourth-order valence-electron chi connectivity index (χ4n) is 1.68. The van der Waals surface area contributed by atoms with Crippen LogP contribution in [0.1, 0.15) is 30.6 Å². The fourth-order valence-corrected chi connectivity index (χ4v) is 1.68. The van der Waals surface area contributed by atoms with Gasteiger partial charge in [-0.15, -0.1) is 0 Å². The van der Waals surface area contributed by atoms with Gasteiger partial charge in [0.25, 0.3) is 0 Å². The lowest BCUT2D eigenvalue weighted by Gasteiger charge is -2.29. The Balaban J connectivity index is 2.96. The van der Waals surface area contributed by atoms with Crippen LogP contribution in [0.15, 0.2) is 18.3 Å². The van der Waals surface area contributed by atoms with E-state index in [9.17, 15) is 4.79 Å². The van der Waals surface area contributed by atoms with Crippen molar-refractivity contribution >= 4 is 11.8 Å². The number of rotatable bonds is 7. The average Bonchev–Trinajstić information content (AvgIpc) is 2.39. The first-order valence-electron chi connectivity index (χ1n) is 6.05. The highest BCUT2D eigenvalue weighted by Crippen LogP contribution is 2.17. The minimum Gasteiger partial charge on any atom is -0.478 e. The van der Waals surface area contributed by atoms with Crippen LogP contribution in [0.2, 0.25) is 0 Å². The van der Waals surface area contributed by atoms with Crippen LogP contribution in [0, 0.1) is 0 Å². The minimum atomic E-state index is -0.936. The Bertz CT molecular complexity index is 396. The molecule has 0 saturated carbocycles. The van der Waals surface area contributed by atoms with E-state index in [4.69, 9.17) is 9.84 Å². The molecule has 0 aliphatic rings. The van der Waals surface area contributed by atoms with Gasteiger partial charge in [0.1, 0.15) is 5.82 Å². The van der Waals surface area contributed by atoms with E-state index in [1.54, 1.807) is 13.2 Å². The summed E-state index contributed by atoms with van der Waals surface area (Å²) in [6.45, 7) is 5.46. The number of ether oxygens (including phenoxy) is 1. The van der Waals surface area contributed by atoms with Gasteiger partial charge in [0, 0.05) is 25.9 Å². The number of carbonyl (C=O) groups is 1. The maximum Gasteiger partial charge on any atom is 0.335 e. The van der Waals surface area contributed by atoms with Crippen molar-refractivity contribution in [3.63, 3.8) is 0 Å². The van der Waals surface area contributed by atoms with Crippen LogP contribution < -0.4 is 4.90 Å². The lowest BCUT2D eigenvalue weighted by atomic mass is 10.2. The molecule has 0 aliphatic carbocycles. The highest BCUT2D eigenvalue weighted by molar-refractivity contribution is 5.88. The molecule has 100 valence electrons. The number of anilines is 1. The van der Waals surface area contributed by atoms with Gasteiger partial charge in [0.05, 0.1) is 12.2 Å². The van der Waals surface area contributed by atoms with Crippen molar-refractivity contribution in [2.24, 2.45) is 0 Å². The van der Waals surface area contributed by atoms with Crippen molar-refractivity contribution in [2.75, 3.05) is 25.2 Å². The van der Waals surface area contributed by atoms with Crippen molar-refractivity contribution in [1.82, 2.24) is 4.98 Å². The van der Waals surface area contributed by atoms with Gasteiger partial charge in [0.2, 0.25) is 0 Å². The summed E-state index contributed by atoms with van der Waals surface area (Å²) in [4.78, 5) is 17.3. The lowest BCUT2D eigenvalue weighted by molar-refractivity contribution is 0.0697. The summed E-state index contributed by atoms with van der Waals surface area (Å²) in [6.07, 6.45) is 2.49. The predicted octanol–water partition coefficient (Wildman–Crippen LogP) is 2.03. The van der Waals surface area contributed by atoms with E-state index < -0.39 is 5.97 Å². The average molecular weight is 252 g/mol. The molecule has 0 bridgehead atoms. The van der Waals surface area contributed by atoms with E-state index in [2.05, 4.69) is 23.7 Å². The van der Waals surface area contributed by atoms with Crippen LogP contribution in [0.5, 0.6) is 0 Å². The topological polar surface area (TPSA) is 62.7 Å². The summed E-state index contributed by atoms with van der Waals surface area (Å²) in [6, 6.07) is 3.39. The highest BCUT2D eigenvalue weighted by Gasteiger charge is 2.15. The van der Waals surface area contributed by atoms with Crippen LogP contribution >= 0.6 is 0 Å². The zero-order chi connectivity index (χ0) is 13.5. The number of aromatic nitrogens is 1. The molecule has 0 amide bonds. The summed E-state index contributed by atoms with van der Waals surface area (Å²) in [5.41, 5.74) is 0.255. The van der Waals surface area contributed by atoms with Gasteiger partial charge in [0.15, 0.2) is 0 Å². The Morgan fingerprint density at radius 2 is 2.33 bits per heavy atom. The number of carboxylic acids is 1. The summed E-state index contributed by atoms with van der Waals surface area (Å²) >= 11 is 0. The monoisotopic (exact) mass is 252 g/mol. The molecular weight excluding hydrogens is 232 g/mol. The second kappa shape index (κ2) is 6.96. The smallest absolute Gasteiger partial charge is 0.335 e. The van der Waals surface area contributed by atoms with Crippen molar-refractivity contribution < 1.29 is 14.6 Å². The molecule has 0 fully saturated rings. The van der Waals surface area contributed by atoms with Crippen LogP contribution in [-0.2, 0) is 4.74 Å². The van der Waals surface area contributed by atoms with E-state index in [0.717, 1.165) is 6.42 Å². The second-order valence-corrected chi connectivity index (χ2v) is 4.15. The number of methoxy groups -OCH3 is 1. The predicted molar refractivity (Wildman–Crippen MR) is 70.2 cm³/mol. The Kier molecular flexibility index (Phi) is 5.58. The first-order chi connectivity index (χ1) is 8.60. The second-order valence-electron chi connectivity index (χ2n) is 4.15. The summed E-state index contributed by atoms with van der Waals surface area (Å²) in [5, 5.41) is 8.99. The highest BCUT2D eigenvalue weighted by atomic mass is 16.5. The molecular formula is C13H20N2O3. The molecule has 5 heteroatoms. The van der Waals surface area contributed by atoms with E-state index in [0.29, 0.717) is 19.0 Å². The fraction of sp³-hybridized carbons (Fsp3) is 0.538. The van der Waals surface area contributed by atoms with Gasteiger partial charge in [-0.3, -0.25) is 0 Å². The van der Waals surface area contributed by atoms with E-state index in [1.807, 2.05) is 0 Å². The zero-order valence-corrected chi connectivity index (χ0v) is 11.1. The first kappa shape index (κ1) is 14.4. The van der Waals surface area contributed by atoms with Crippen molar-refractivity contribution in [3.8, 4) is 0 Å². The van der Waals surface area contributed by atoms with Crippen LogP contribution in [0.3, 0.4) is 0 Å². The molecule has 1 N–H and O–H groups in total. The Morgan fingerprint density at radius 1 is 1.61 bits per heavy atom. The molecule has 0 saturated heterocycles. The van der Waals surface area contributed by atoms with Gasteiger partial charge in [-0.1, -0.05) is 6.92 Å². The van der Waals surface area contributed by atoms with Gasteiger partial charge >= 0.3 is 5.97 Å². The molecule has 5 nitrogen and oxygen atoms in total. The van der Waals surface area contributed by atoms with Gasteiger partial charge in [-0.05, 0) is 25.5 Å². The summed E-state index contributed by atoms with van der Waals surface area (Å²) in [7, 11) is 1.65. The van der Waals surface area contributed by atoms with Gasteiger partial charge < -0.3 is 14.7 Å². The molecule has 1 aromatic heterocycles. The number of carboxylic acid groups (broad SMARTS) is 1. The Labute approximate surface area is 107 Å². The number of pyridine rings is 1. The van der Waals surface area contributed by atoms with Gasteiger partial charge in [-0.2, -0.15) is 0 Å². The first-order valence-corrected chi connectivity index (χ1v) is 6.05. The standard InChI is InChI=1S/C13H20N2O3/c1-4-10(2)15(7-8-18-3)12-9-11(13(16)17)5-6-14-12/h5-6,9-10H,4,7-8H2,1-3H3,(H,16,17). The van der Waals surface area contributed by atoms with Crippen molar-refractivity contribution in [2.45, 2.75) is 26.3 Å². The molecule has 1 atom stereocenters. The molecule has 0 aliphatic heterocycles. The maximum absolute atomic E-state index is 11.0. The van der Waals surface area contributed by atoms with Gasteiger partial charge in [-0.25, -0.2) is 9.78 Å². The van der Waals surface area contributed by atoms with Crippen LogP contribution in [0.25, 0.3) is 0 Å². The lowest BCUT2D eigenvalue weighted by Crippen LogP contribution is -2.36. The van der Waals surface area contributed by atoms with Crippen LogP contribution in [0.4, 0.5) is 5.82 Å². The molecule has 1 rings (SSSR count). The van der Waals surface area contributed by atoms with Crippen molar-refractivity contribution in [1.29, 1.82) is 0 Å². The quantitative estimate of drug-likeness (QED) is 0.804. The summed E-state index contributed by atoms with van der Waals surface area (Å²) < 4.78 is 5.08. The SMILES string of the molecule is CCC(C)N(CCOC)c1cc(C(=O)O)ccn1.